The summed E-state index contributed by atoms with van der Waals surface area (Å²) in [7, 11) is 4.05. The van der Waals surface area contributed by atoms with Gasteiger partial charge in [-0.1, -0.05) is 31.2 Å². The third-order valence-corrected chi connectivity index (χ3v) is 4.82. The van der Waals surface area contributed by atoms with Gasteiger partial charge in [0.05, 0.1) is 11.1 Å². The van der Waals surface area contributed by atoms with Crippen molar-refractivity contribution in [1.29, 1.82) is 0 Å². The van der Waals surface area contributed by atoms with Gasteiger partial charge in [-0.25, -0.2) is 0 Å². The normalized spacial score (nSPS) is 13.5. The van der Waals surface area contributed by atoms with E-state index in [1.165, 1.54) is 16.2 Å². The molecule has 0 unspecified atom stereocenters. The molecule has 2 amide bonds. The van der Waals surface area contributed by atoms with Crippen LogP contribution in [0.1, 0.15) is 33.2 Å². The number of amides is 2. The third kappa shape index (κ3) is 3.63. The number of carbonyl (C=O) groups excluding carboxylic acids is 2. The molecule has 5 heteroatoms. The van der Waals surface area contributed by atoms with Gasteiger partial charge >= 0.3 is 0 Å². The number of imide groups is 1. The molecule has 0 radical (unpaired) electrons. The molecule has 0 saturated carbocycles. The van der Waals surface area contributed by atoms with Crippen molar-refractivity contribution in [2.75, 3.05) is 38.6 Å². The molecule has 26 heavy (non-hydrogen) atoms. The van der Waals surface area contributed by atoms with Gasteiger partial charge < -0.3 is 4.90 Å². The molecule has 0 aliphatic carbocycles. The van der Waals surface area contributed by atoms with Crippen molar-refractivity contribution in [2.45, 2.75) is 13.5 Å². The zero-order valence-electron chi connectivity index (χ0n) is 15.6. The van der Waals surface area contributed by atoms with Gasteiger partial charge in [0, 0.05) is 39.4 Å². The Labute approximate surface area is 154 Å². The van der Waals surface area contributed by atoms with Crippen LogP contribution in [0.25, 0.3) is 0 Å². The quantitative estimate of drug-likeness (QED) is 0.720. The number of benzene rings is 2. The molecule has 3 rings (SSSR count). The van der Waals surface area contributed by atoms with Crippen LogP contribution in [-0.4, -0.2) is 55.3 Å². The Morgan fingerprint density at radius 3 is 1.96 bits per heavy atom. The van der Waals surface area contributed by atoms with Crippen LogP contribution in [0.5, 0.6) is 0 Å². The number of nitrogens with zero attached hydrogens (tertiary/aromatic N) is 3. The van der Waals surface area contributed by atoms with E-state index in [0.29, 0.717) is 24.2 Å². The van der Waals surface area contributed by atoms with Gasteiger partial charge in [-0.15, -0.1) is 0 Å². The highest BCUT2D eigenvalue weighted by Crippen LogP contribution is 2.22. The monoisotopic (exact) mass is 351 g/mol. The first-order valence-electron chi connectivity index (χ1n) is 8.95. The highest BCUT2D eigenvalue weighted by molar-refractivity contribution is 6.21. The van der Waals surface area contributed by atoms with Crippen molar-refractivity contribution in [3.63, 3.8) is 0 Å². The predicted molar refractivity (Wildman–Crippen MR) is 104 cm³/mol. The molecule has 0 aromatic heterocycles. The molecule has 1 aliphatic rings. The lowest BCUT2D eigenvalue weighted by molar-refractivity contribution is 0.0635. The maximum atomic E-state index is 12.4. The molecule has 136 valence electrons. The Balaban J connectivity index is 1.61. The van der Waals surface area contributed by atoms with Crippen molar-refractivity contribution in [3.8, 4) is 0 Å². The summed E-state index contributed by atoms with van der Waals surface area (Å²) in [5.41, 5.74) is 3.42. The number of hydrogen-bond donors (Lipinski definition) is 0. The van der Waals surface area contributed by atoms with Crippen molar-refractivity contribution in [1.82, 2.24) is 9.80 Å². The Morgan fingerprint density at radius 1 is 0.885 bits per heavy atom. The summed E-state index contributed by atoms with van der Waals surface area (Å²) in [5, 5.41) is 0. The van der Waals surface area contributed by atoms with Crippen LogP contribution < -0.4 is 4.90 Å². The molecule has 0 fully saturated rings. The van der Waals surface area contributed by atoms with Crippen molar-refractivity contribution in [3.05, 3.63) is 65.2 Å². The first-order chi connectivity index (χ1) is 12.5. The van der Waals surface area contributed by atoms with E-state index in [1.54, 1.807) is 24.3 Å². The van der Waals surface area contributed by atoms with E-state index in [2.05, 4.69) is 41.0 Å². The van der Waals surface area contributed by atoms with Crippen LogP contribution in [0.3, 0.4) is 0 Å². The lowest BCUT2D eigenvalue weighted by Crippen LogP contribution is -2.38. The van der Waals surface area contributed by atoms with Crippen LogP contribution in [-0.2, 0) is 6.54 Å². The first kappa shape index (κ1) is 18.1. The maximum absolute atomic E-state index is 12.4. The second-order valence-electron chi connectivity index (χ2n) is 6.74. The molecule has 1 heterocycles. The summed E-state index contributed by atoms with van der Waals surface area (Å²) < 4.78 is 0. The molecule has 0 atom stereocenters. The molecule has 0 spiro atoms. The Hall–Kier alpha value is -2.66. The highest BCUT2D eigenvalue weighted by atomic mass is 16.2. The number of likely N-dealkylation sites (N-methyl/N-ethyl adjacent to an activating group) is 1. The number of anilines is 1. The fourth-order valence-corrected chi connectivity index (χ4v) is 3.19. The van der Waals surface area contributed by atoms with Crippen LogP contribution >= 0.6 is 0 Å². The number of hydrogen-bond acceptors (Lipinski definition) is 4. The van der Waals surface area contributed by atoms with E-state index >= 15 is 0 Å². The maximum Gasteiger partial charge on any atom is 0.261 e. The van der Waals surface area contributed by atoms with E-state index in [1.807, 2.05) is 14.1 Å². The smallest absolute Gasteiger partial charge is 0.261 e. The number of fused-ring (bicyclic) bond motifs is 1. The minimum absolute atomic E-state index is 0.183. The average molecular weight is 351 g/mol. The minimum Gasteiger partial charge on any atom is -0.378 e. The topological polar surface area (TPSA) is 43.9 Å². The predicted octanol–water partition coefficient (Wildman–Crippen LogP) is 2.87. The summed E-state index contributed by atoms with van der Waals surface area (Å²) in [5.74, 6) is -0.367. The van der Waals surface area contributed by atoms with Crippen LogP contribution in [0.15, 0.2) is 48.5 Å². The molecule has 1 aliphatic heterocycles. The van der Waals surface area contributed by atoms with E-state index in [4.69, 9.17) is 0 Å². The summed E-state index contributed by atoms with van der Waals surface area (Å²) in [6.45, 7) is 4.83. The van der Waals surface area contributed by atoms with E-state index < -0.39 is 0 Å². The summed E-state index contributed by atoms with van der Waals surface area (Å²) >= 11 is 0. The highest BCUT2D eigenvalue weighted by Gasteiger charge is 2.34. The van der Waals surface area contributed by atoms with Crippen LogP contribution in [0.2, 0.25) is 0 Å². The third-order valence-electron chi connectivity index (χ3n) is 4.82. The number of carbonyl (C=O) groups is 2. The lowest BCUT2D eigenvalue weighted by Gasteiger charge is -2.23. The summed E-state index contributed by atoms with van der Waals surface area (Å²) in [6, 6.07) is 15.5. The Bertz CT molecular complexity index is 764. The largest absolute Gasteiger partial charge is 0.378 e. The molecule has 0 bridgehead atoms. The second kappa shape index (κ2) is 7.70. The summed E-state index contributed by atoms with van der Waals surface area (Å²) in [4.78, 5) is 30.6. The Kier molecular flexibility index (Phi) is 5.38. The number of rotatable bonds is 7. The second-order valence-corrected chi connectivity index (χ2v) is 6.74. The molecular formula is C21H25N3O2. The lowest BCUT2D eigenvalue weighted by atomic mass is 10.1. The molecule has 0 saturated heterocycles. The zero-order chi connectivity index (χ0) is 18.7. The van der Waals surface area contributed by atoms with Crippen molar-refractivity contribution in [2.24, 2.45) is 0 Å². The molecule has 5 nitrogen and oxygen atoms in total. The van der Waals surface area contributed by atoms with Gasteiger partial charge in [-0.3, -0.25) is 19.4 Å². The van der Waals surface area contributed by atoms with Gasteiger partial charge in [-0.05, 0) is 36.4 Å². The molecular weight excluding hydrogens is 326 g/mol. The van der Waals surface area contributed by atoms with Gasteiger partial charge in [0.25, 0.3) is 11.8 Å². The van der Waals surface area contributed by atoms with Gasteiger partial charge in [0.2, 0.25) is 0 Å². The van der Waals surface area contributed by atoms with Crippen LogP contribution in [0.4, 0.5) is 5.69 Å². The molecule has 2 aromatic rings. The van der Waals surface area contributed by atoms with E-state index in [0.717, 1.165) is 13.1 Å². The van der Waals surface area contributed by atoms with E-state index in [-0.39, 0.29) is 11.8 Å². The standard InChI is InChI=1S/C21H25N3O2/c1-4-23(15-16-9-11-17(12-10-16)22(2)3)13-14-24-20(25)18-7-5-6-8-19(18)21(24)26/h5-12H,4,13-15H2,1-3H3. The van der Waals surface area contributed by atoms with Gasteiger partial charge in [0.15, 0.2) is 0 Å². The SMILES string of the molecule is CCN(CCN1C(=O)c2ccccc2C1=O)Cc1ccc(N(C)C)cc1. The van der Waals surface area contributed by atoms with Crippen molar-refractivity contribution >= 4 is 17.5 Å². The average Bonchev–Trinajstić information content (AvgIpc) is 2.90. The van der Waals surface area contributed by atoms with Gasteiger partial charge in [0.1, 0.15) is 0 Å². The minimum atomic E-state index is -0.183. The summed E-state index contributed by atoms with van der Waals surface area (Å²) in [6.07, 6.45) is 0. The molecule has 0 N–H and O–H groups in total. The Morgan fingerprint density at radius 2 is 1.46 bits per heavy atom. The van der Waals surface area contributed by atoms with Gasteiger partial charge in [-0.2, -0.15) is 0 Å². The first-order valence-corrected chi connectivity index (χ1v) is 8.95. The fourth-order valence-electron chi connectivity index (χ4n) is 3.19. The van der Waals surface area contributed by atoms with E-state index in [9.17, 15) is 9.59 Å². The van der Waals surface area contributed by atoms with Crippen molar-refractivity contribution < 1.29 is 9.59 Å². The fraction of sp³-hybridized carbons (Fsp3) is 0.333. The molecule has 2 aromatic carbocycles. The zero-order valence-corrected chi connectivity index (χ0v) is 15.6. The van der Waals surface area contributed by atoms with Crippen LogP contribution in [0, 0.1) is 0 Å².